The van der Waals surface area contributed by atoms with Crippen LogP contribution in [0.5, 0.6) is 0 Å². The first-order chi connectivity index (χ1) is 14.5. The van der Waals surface area contributed by atoms with Gasteiger partial charge in [0, 0.05) is 6.54 Å². The molecule has 1 aliphatic rings. The van der Waals surface area contributed by atoms with Crippen LogP contribution in [0.25, 0.3) is 0 Å². The van der Waals surface area contributed by atoms with Crippen molar-refractivity contribution in [1.82, 2.24) is 25.0 Å². The van der Waals surface area contributed by atoms with Crippen molar-refractivity contribution in [2.24, 2.45) is 0 Å². The lowest BCUT2D eigenvalue weighted by atomic mass is 9.88. The summed E-state index contributed by atoms with van der Waals surface area (Å²) in [4.78, 5) is 14.9. The summed E-state index contributed by atoms with van der Waals surface area (Å²) in [6.45, 7) is 5.25. The Hall–Kier alpha value is -1.86. The molecule has 0 spiro atoms. The lowest BCUT2D eigenvalue weighted by molar-refractivity contribution is -0.119. The van der Waals surface area contributed by atoms with Gasteiger partial charge in [0.05, 0.1) is 17.8 Å². The van der Waals surface area contributed by atoms with E-state index in [-0.39, 0.29) is 18.0 Å². The molecule has 30 heavy (non-hydrogen) atoms. The van der Waals surface area contributed by atoms with Crippen LogP contribution < -0.4 is 5.32 Å². The minimum atomic E-state index is 0.0629. The maximum Gasteiger partial charge on any atom is 0.230 e. The number of aryl methyl sites for hydroxylation is 1. The van der Waals surface area contributed by atoms with Crippen LogP contribution in [0.3, 0.4) is 0 Å². The van der Waals surface area contributed by atoms with Gasteiger partial charge in [-0.2, -0.15) is 0 Å². The molecular formula is C23H35N5OS. The molecule has 1 amide bonds. The number of unbranched alkanes of at least 4 members (excludes halogenated alkanes) is 1. The number of nitrogens with zero attached hydrogens (tertiary/aromatic N) is 4. The van der Waals surface area contributed by atoms with Crippen molar-refractivity contribution < 1.29 is 4.79 Å². The molecule has 7 heteroatoms. The third-order valence-corrected chi connectivity index (χ3v) is 6.79. The van der Waals surface area contributed by atoms with E-state index in [2.05, 4.69) is 77.2 Å². The summed E-state index contributed by atoms with van der Waals surface area (Å²) in [5.41, 5.74) is 2.63. The van der Waals surface area contributed by atoms with Crippen LogP contribution in [-0.4, -0.2) is 45.4 Å². The fourth-order valence-corrected chi connectivity index (χ4v) is 5.01. The molecule has 0 aliphatic heterocycles. The molecule has 0 radical (unpaired) electrons. The minimum Gasteiger partial charge on any atom is -0.349 e. The van der Waals surface area contributed by atoms with Gasteiger partial charge in [-0.15, -0.1) is 10.2 Å². The van der Waals surface area contributed by atoms with Crippen molar-refractivity contribution >= 4 is 17.7 Å². The van der Waals surface area contributed by atoms with Crippen LogP contribution in [-0.2, 0) is 17.8 Å². The van der Waals surface area contributed by atoms with E-state index in [9.17, 15) is 4.79 Å². The summed E-state index contributed by atoms with van der Waals surface area (Å²) in [6, 6.07) is 8.81. The van der Waals surface area contributed by atoms with Gasteiger partial charge in [0.1, 0.15) is 0 Å². The Morgan fingerprint density at radius 2 is 2.10 bits per heavy atom. The maximum absolute atomic E-state index is 12.7. The fourth-order valence-electron chi connectivity index (χ4n) is 4.23. The fraction of sp³-hybridized carbons (Fsp3) is 0.609. The second-order valence-corrected chi connectivity index (χ2v) is 9.18. The molecule has 0 bridgehead atoms. The minimum absolute atomic E-state index is 0.0629. The van der Waals surface area contributed by atoms with Gasteiger partial charge in [0.2, 0.25) is 5.91 Å². The number of benzene rings is 1. The number of aromatic nitrogens is 3. The zero-order chi connectivity index (χ0) is 21.5. The lowest BCUT2D eigenvalue weighted by Crippen LogP contribution is -2.32. The quantitative estimate of drug-likeness (QED) is 0.568. The first-order valence-corrected chi connectivity index (χ1v) is 12.1. The number of hydrogen-bond donors (Lipinski definition) is 1. The lowest BCUT2D eigenvalue weighted by Gasteiger charge is -2.26. The van der Waals surface area contributed by atoms with E-state index >= 15 is 0 Å². The van der Waals surface area contributed by atoms with E-state index in [4.69, 9.17) is 0 Å². The summed E-state index contributed by atoms with van der Waals surface area (Å²) in [5, 5.41) is 13.0. The molecule has 1 N–H and O–H groups in total. The highest BCUT2D eigenvalue weighted by atomic mass is 32.2. The van der Waals surface area contributed by atoms with Crippen LogP contribution in [0.2, 0.25) is 0 Å². The molecule has 2 atom stereocenters. The van der Waals surface area contributed by atoms with E-state index in [1.54, 1.807) is 0 Å². The summed E-state index contributed by atoms with van der Waals surface area (Å²) in [5.74, 6) is 1.43. The molecule has 1 aromatic heterocycles. The zero-order valence-corrected chi connectivity index (χ0v) is 19.5. The first-order valence-electron chi connectivity index (χ1n) is 11.1. The van der Waals surface area contributed by atoms with Crippen molar-refractivity contribution in [2.75, 3.05) is 19.8 Å². The third-order valence-electron chi connectivity index (χ3n) is 5.83. The van der Waals surface area contributed by atoms with Crippen molar-refractivity contribution in [3.8, 4) is 0 Å². The number of hydrogen-bond acceptors (Lipinski definition) is 5. The normalized spacial score (nSPS) is 17.0. The van der Waals surface area contributed by atoms with Crippen LogP contribution in [0, 0.1) is 0 Å². The van der Waals surface area contributed by atoms with E-state index in [1.165, 1.54) is 22.9 Å². The van der Waals surface area contributed by atoms with E-state index in [0.29, 0.717) is 5.75 Å². The highest BCUT2D eigenvalue weighted by molar-refractivity contribution is 7.99. The molecule has 0 saturated carbocycles. The van der Waals surface area contributed by atoms with E-state index in [0.717, 1.165) is 56.1 Å². The molecular weight excluding hydrogens is 394 g/mol. The first kappa shape index (κ1) is 22.8. The van der Waals surface area contributed by atoms with Crippen molar-refractivity contribution in [3.05, 3.63) is 41.2 Å². The largest absolute Gasteiger partial charge is 0.349 e. The van der Waals surface area contributed by atoms with Crippen LogP contribution in [0.15, 0.2) is 29.4 Å². The maximum atomic E-state index is 12.7. The molecule has 1 aliphatic carbocycles. The van der Waals surface area contributed by atoms with Gasteiger partial charge in [0.15, 0.2) is 11.0 Å². The Bertz CT molecular complexity index is 835. The smallest absolute Gasteiger partial charge is 0.230 e. The monoisotopic (exact) mass is 429 g/mol. The molecule has 0 saturated heterocycles. The molecule has 164 valence electrons. The van der Waals surface area contributed by atoms with Crippen LogP contribution >= 0.6 is 11.8 Å². The van der Waals surface area contributed by atoms with Crippen molar-refractivity contribution in [2.45, 2.75) is 76.2 Å². The van der Waals surface area contributed by atoms with Gasteiger partial charge in [-0.05, 0) is 57.3 Å². The molecule has 6 nitrogen and oxygen atoms in total. The zero-order valence-electron chi connectivity index (χ0n) is 18.7. The number of rotatable bonds is 10. The van der Waals surface area contributed by atoms with Crippen LogP contribution in [0.1, 0.15) is 75.0 Å². The average Bonchev–Trinajstić information content (AvgIpc) is 3.13. The summed E-state index contributed by atoms with van der Waals surface area (Å²) < 4.78 is 2.21. The molecule has 0 unspecified atom stereocenters. The van der Waals surface area contributed by atoms with Gasteiger partial charge in [0.25, 0.3) is 0 Å². The second-order valence-electron chi connectivity index (χ2n) is 8.23. The Balaban J connectivity index is 1.66. The highest BCUT2D eigenvalue weighted by Crippen LogP contribution is 2.30. The number of carbonyl (C=O) groups is 1. The highest BCUT2D eigenvalue weighted by Gasteiger charge is 2.24. The third kappa shape index (κ3) is 5.43. The van der Waals surface area contributed by atoms with Gasteiger partial charge >= 0.3 is 0 Å². The topological polar surface area (TPSA) is 63.1 Å². The van der Waals surface area contributed by atoms with E-state index < -0.39 is 0 Å². The summed E-state index contributed by atoms with van der Waals surface area (Å²) in [7, 11) is 4.16. The standard InChI is InChI=1S/C23H35N5OS/c1-5-7-15-28-22(20(6-2)27(3)4)25-26-23(28)30-16-21(29)24-19-14-10-12-17-11-8-9-13-18(17)19/h8-9,11,13,19-20H,5-7,10,12,14-16H2,1-4H3,(H,24,29)/t19-,20+/m1/s1. The molecule has 3 rings (SSSR count). The van der Waals surface area contributed by atoms with Crippen molar-refractivity contribution in [1.29, 1.82) is 0 Å². The Labute approximate surface area is 184 Å². The van der Waals surface area contributed by atoms with Crippen molar-refractivity contribution in [3.63, 3.8) is 0 Å². The number of fused-ring (bicyclic) bond motifs is 1. The average molecular weight is 430 g/mol. The Morgan fingerprint density at radius 3 is 2.83 bits per heavy atom. The number of carbonyl (C=O) groups excluding carboxylic acids is 1. The molecule has 2 aromatic rings. The van der Waals surface area contributed by atoms with Crippen LogP contribution in [0.4, 0.5) is 0 Å². The number of thioether (sulfide) groups is 1. The predicted octanol–water partition coefficient (Wildman–Crippen LogP) is 4.38. The van der Waals surface area contributed by atoms with Gasteiger partial charge in [-0.3, -0.25) is 9.69 Å². The summed E-state index contributed by atoms with van der Waals surface area (Å²) >= 11 is 1.49. The van der Waals surface area contributed by atoms with Gasteiger partial charge in [-0.25, -0.2) is 0 Å². The SMILES string of the molecule is CCCCn1c(SCC(=O)N[C@@H]2CCCc3ccccc32)nnc1[C@H](CC)N(C)C. The van der Waals surface area contributed by atoms with E-state index in [1.807, 2.05) is 0 Å². The predicted molar refractivity (Wildman–Crippen MR) is 123 cm³/mol. The molecule has 1 aromatic carbocycles. The van der Waals surface area contributed by atoms with Gasteiger partial charge in [-0.1, -0.05) is 56.3 Å². The number of nitrogens with one attached hydrogen (secondary N) is 1. The molecule has 0 fully saturated rings. The Morgan fingerprint density at radius 1 is 1.30 bits per heavy atom. The van der Waals surface area contributed by atoms with Gasteiger partial charge < -0.3 is 9.88 Å². The Kier molecular flexibility index (Phi) is 8.33. The second kappa shape index (κ2) is 11.0. The molecule has 1 heterocycles. The number of amides is 1. The summed E-state index contributed by atoms with van der Waals surface area (Å²) in [6.07, 6.45) is 6.39.